The number of para-hydroxylation sites is 2. The smallest absolute Gasteiger partial charge is 0.216 e. The summed E-state index contributed by atoms with van der Waals surface area (Å²) >= 11 is 6.13. The Balaban J connectivity index is 1.19. The summed E-state index contributed by atoms with van der Waals surface area (Å²) < 4.78 is 24.0. The van der Waals surface area contributed by atoms with Crippen LogP contribution in [0.15, 0.2) is 72.8 Å². The standard InChI is InChI=1S/C32H39ClN2O5/c1-24(36)35-18-15-26-7-2-4-9-30(26)39-21-22-40-32-23-34-17-16-28(32)25-11-13-27(14-12-25)37-19-6-20-38-31-10-5-3-8-29(31)33/h2-5,7-14,28,32,34H,6,15-23H2,1H3,(H,35,36)/t28-,32+/m1/s1. The molecule has 3 aromatic rings. The Hall–Kier alpha value is -3.26. The summed E-state index contributed by atoms with van der Waals surface area (Å²) in [5, 5.41) is 6.91. The van der Waals surface area contributed by atoms with Gasteiger partial charge in [-0.3, -0.25) is 4.79 Å². The molecule has 1 aliphatic rings. The number of amides is 1. The minimum Gasteiger partial charge on any atom is -0.493 e. The lowest BCUT2D eigenvalue weighted by atomic mass is 9.88. The summed E-state index contributed by atoms with van der Waals surface area (Å²) in [5.74, 6) is 2.66. The Kier molecular flexibility index (Phi) is 12.0. The van der Waals surface area contributed by atoms with Gasteiger partial charge in [0.2, 0.25) is 5.91 Å². The van der Waals surface area contributed by atoms with Crippen LogP contribution in [-0.2, 0) is 16.0 Å². The van der Waals surface area contributed by atoms with E-state index in [1.54, 1.807) is 0 Å². The normalized spacial score (nSPS) is 16.8. The van der Waals surface area contributed by atoms with Gasteiger partial charge in [-0.1, -0.05) is 54.1 Å². The van der Waals surface area contributed by atoms with Gasteiger partial charge in [0, 0.05) is 32.4 Å². The van der Waals surface area contributed by atoms with Crippen LogP contribution >= 0.6 is 11.6 Å². The average Bonchev–Trinajstić information content (AvgIpc) is 2.97. The van der Waals surface area contributed by atoms with Gasteiger partial charge in [0.05, 0.1) is 30.9 Å². The number of benzene rings is 3. The van der Waals surface area contributed by atoms with Gasteiger partial charge in [0.25, 0.3) is 0 Å². The topological polar surface area (TPSA) is 78.1 Å². The summed E-state index contributed by atoms with van der Waals surface area (Å²) in [4.78, 5) is 11.2. The van der Waals surface area contributed by atoms with Gasteiger partial charge in [-0.05, 0) is 60.8 Å². The van der Waals surface area contributed by atoms with Crippen LogP contribution in [0.3, 0.4) is 0 Å². The molecule has 7 nitrogen and oxygen atoms in total. The molecule has 1 aliphatic heterocycles. The van der Waals surface area contributed by atoms with Crippen LogP contribution in [0.2, 0.25) is 5.02 Å². The highest BCUT2D eigenvalue weighted by molar-refractivity contribution is 6.32. The van der Waals surface area contributed by atoms with Crippen molar-refractivity contribution in [2.24, 2.45) is 0 Å². The Morgan fingerprint density at radius 2 is 1.62 bits per heavy atom. The van der Waals surface area contributed by atoms with Crippen molar-refractivity contribution in [2.45, 2.75) is 38.2 Å². The Morgan fingerprint density at radius 3 is 2.42 bits per heavy atom. The van der Waals surface area contributed by atoms with Crippen LogP contribution in [0.4, 0.5) is 0 Å². The van der Waals surface area contributed by atoms with Crippen molar-refractivity contribution in [3.8, 4) is 17.2 Å². The van der Waals surface area contributed by atoms with Crippen molar-refractivity contribution >= 4 is 17.5 Å². The molecule has 0 unspecified atom stereocenters. The third-order valence-electron chi connectivity index (χ3n) is 6.80. The first kappa shape index (κ1) is 29.7. The van der Waals surface area contributed by atoms with Crippen molar-refractivity contribution < 1.29 is 23.7 Å². The summed E-state index contributed by atoms with van der Waals surface area (Å²) in [6.45, 7) is 5.96. The second-order valence-corrected chi connectivity index (χ2v) is 10.2. The summed E-state index contributed by atoms with van der Waals surface area (Å²) in [5.41, 5.74) is 2.33. The molecule has 1 fully saturated rings. The molecular formula is C32H39ClN2O5. The van der Waals surface area contributed by atoms with E-state index in [0.717, 1.165) is 49.4 Å². The number of nitrogens with one attached hydrogen (secondary N) is 2. The first-order chi connectivity index (χ1) is 19.6. The van der Waals surface area contributed by atoms with Crippen molar-refractivity contribution in [3.05, 3.63) is 88.9 Å². The number of hydrogen-bond donors (Lipinski definition) is 2. The lowest BCUT2D eigenvalue weighted by Crippen LogP contribution is -2.41. The molecule has 0 radical (unpaired) electrons. The average molecular weight is 567 g/mol. The van der Waals surface area contributed by atoms with E-state index in [0.29, 0.717) is 49.7 Å². The largest absolute Gasteiger partial charge is 0.493 e. The van der Waals surface area contributed by atoms with E-state index in [4.69, 9.17) is 30.5 Å². The maximum Gasteiger partial charge on any atom is 0.216 e. The van der Waals surface area contributed by atoms with Gasteiger partial charge >= 0.3 is 0 Å². The van der Waals surface area contributed by atoms with E-state index in [1.807, 2.05) is 60.7 Å². The molecule has 1 amide bonds. The Morgan fingerprint density at radius 1 is 0.900 bits per heavy atom. The first-order valence-electron chi connectivity index (χ1n) is 14.0. The number of piperidine rings is 1. The molecule has 40 heavy (non-hydrogen) atoms. The molecule has 0 saturated carbocycles. The molecule has 0 aliphatic carbocycles. The lowest BCUT2D eigenvalue weighted by Gasteiger charge is -2.32. The van der Waals surface area contributed by atoms with Crippen LogP contribution < -0.4 is 24.8 Å². The molecule has 0 bridgehead atoms. The van der Waals surface area contributed by atoms with E-state index >= 15 is 0 Å². The van der Waals surface area contributed by atoms with Crippen LogP contribution in [0, 0.1) is 0 Å². The molecule has 214 valence electrons. The molecule has 2 atom stereocenters. The number of carbonyl (C=O) groups is 1. The van der Waals surface area contributed by atoms with Gasteiger partial charge in [0.1, 0.15) is 23.9 Å². The predicted molar refractivity (Wildman–Crippen MR) is 158 cm³/mol. The van der Waals surface area contributed by atoms with Gasteiger partial charge in [0.15, 0.2) is 0 Å². The molecular weight excluding hydrogens is 528 g/mol. The number of ether oxygens (including phenoxy) is 4. The molecule has 1 heterocycles. The Bertz CT molecular complexity index is 1190. The first-order valence-corrected chi connectivity index (χ1v) is 14.4. The molecule has 1 saturated heterocycles. The monoisotopic (exact) mass is 566 g/mol. The highest BCUT2D eigenvalue weighted by Gasteiger charge is 2.27. The number of hydrogen-bond acceptors (Lipinski definition) is 6. The van der Waals surface area contributed by atoms with Crippen LogP contribution in [-0.4, -0.2) is 58.1 Å². The van der Waals surface area contributed by atoms with E-state index in [-0.39, 0.29) is 12.0 Å². The number of rotatable bonds is 15. The summed E-state index contributed by atoms with van der Waals surface area (Å²) in [6, 6.07) is 23.8. The van der Waals surface area contributed by atoms with Crippen molar-refractivity contribution in [3.63, 3.8) is 0 Å². The van der Waals surface area contributed by atoms with Gasteiger partial charge in [-0.25, -0.2) is 0 Å². The van der Waals surface area contributed by atoms with Crippen LogP contribution in [0.25, 0.3) is 0 Å². The van der Waals surface area contributed by atoms with Crippen molar-refractivity contribution in [1.29, 1.82) is 0 Å². The second kappa shape index (κ2) is 16.1. The highest BCUT2D eigenvalue weighted by atomic mass is 35.5. The van der Waals surface area contributed by atoms with Crippen molar-refractivity contribution in [2.75, 3.05) is 46.1 Å². The maximum atomic E-state index is 11.2. The zero-order chi connectivity index (χ0) is 28.0. The second-order valence-electron chi connectivity index (χ2n) is 9.75. The van der Waals surface area contributed by atoms with E-state index in [9.17, 15) is 4.79 Å². The number of carbonyl (C=O) groups excluding carboxylic acids is 1. The Labute approximate surface area is 242 Å². The van der Waals surface area contributed by atoms with Crippen LogP contribution in [0.5, 0.6) is 17.2 Å². The molecule has 3 aromatic carbocycles. The molecule has 4 rings (SSSR count). The molecule has 2 N–H and O–H groups in total. The van der Waals surface area contributed by atoms with E-state index in [2.05, 4.69) is 22.8 Å². The SMILES string of the molecule is CC(=O)NCCc1ccccc1OCCO[C@H]1CNCC[C@@H]1c1ccc(OCCCOc2ccccc2Cl)cc1. The maximum absolute atomic E-state index is 11.2. The fraction of sp³-hybridized carbons (Fsp3) is 0.406. The molecule has 0 aromatic heterocycles. The fourth-order valence-corrected chi connectivity index (χ4v) is 4.96. The third kappa shape index (κ3) is 9.44. The lowest BCUT2D eigenvalue weighted by molar-refractivity contribution is -0.118. The van der Waals surface area contributed by atoms with E-state index < -0.39 is 0 Å². The van der Waals surface area contributed by atoms with Crippen molar-refractivity contribution in [1.82, 2.24) is 10.6 Å². The minimum atomic E-state index is -0.0275. The number of halogens is 1. The quantitative estimate of drug-likeness (QED) is 0.240. The predicted octanol–water partition coefficient (Wildman–Crippen LogP) is 5.41. The summed E-state index contributed by atoms with van der Waals surface area (Å²) in [6.07, 6.45) is 2.57. The fourth-order valence-electron chi connectivity index (χ4n) is 4.77. The zero-order valence-corrected chi connectivity index (χ0v) is 23.8. The molecule has 0 spiro atoms. The highest BCUT2D eigenvalue weighted by Crippen LogP contribution is 2.29. The van der Waals surface area contributed by atoms with E-state index in [1.165, 1.54) is 12.5 Å². The minimum absolute atomic E-state index is 0.0275. The van der Waals surface area contributed by atoms with Gasteiger partial charge in [-0.2, -0.15) is 0 Å². The summed E-state index contributed by atoms with van der Waals surface area (Å²) in [7, 11) is 0. The third-order valence-corrected chi connectivity index (χ3v) is 7.11. The van der Waals surface area contributed by atoms with Crippen LogP contribution in [0.1, 0.15) is 36.8 Å². The zero-order valence-electron chi connectivity index (χ0n) is 23.1. The van der Waals surface area contributed by atoms with Gasteiger partial charge < -0.3 is 29.6 Å². The molecule has 8 heteroatoms. The van der Waals surface area contributed by atoms with Gasteiger partial charge in [-0.15, -0.1) is 0 Å².